The van der Waals surface area contributed by atoms with E-state index in [0.717, 1.165) is 28.3 Å². The summed E-state index contributed by atoms with van der Waals surface area (Å²) in [4.78, 5) is 8.73. The molecular formula is C23H23ClN2O4. The maximum atomic E-state index is 6.24. The van der Waals surface area contributed by atoms with Crippen molar-refractivity contribution in [2.75, 3.05) is 26.4 Å². The summed E-state index contributed by atoms with van der Waals surface area (Å²) in [5.41, 5.74) is 3.61. The van der Waals surface area contributed by atoms with Gasteiger partial charge in [-0.05, 0) is 42.8 Å². The minimum Gasteiger partial charge on any atom is -0.491 e. The third-order valence-electron chi connectivity index (χ3n) is 4.68. The molecule has 0 amide bonds. The maximum absolute atomic E-state index is 6.24. The Balaban J connectivity index is 1.45. The molecule has 1 unspecified atom stereocenters. The molecule has 1 fully saturated rings. The first-order valence-electron chi connectivity index (χ1n) is 9.81. The fourth-order valence-corrected chi connectivity index (χ4v) is 3.37. The molecule has 1 saturated heterocycles. The molecule has 156 valence electrons. The fourth-order valence-electron chi connectivity index (χ4n) is 3.17. The Labute approximate surface area is 180 Å². The van der Waals surface area contributed by atoms with Crippen LogP contribution in [0.2, 0.25) is 5.15 Å². The molecule has 30 heavy (non-hydrogen) atoms. The highest BCUT2D eigenvalue weighted by Crippen LogP contribution is 2.30. The van der Waals surface area contributed by atoms with Gasteiger partial charge in [0.1, 0.15) is 36.0 Å². The third kappa shape index (κ3) is 5.48. The summed E-state index contributed by atoms with van der Waals surface area (Å²) < 4.78 is 22.8. The van der Waals surface area contributed by atoms with Gasteiger partial charge in [-0.1, -0.05) is 17.7 Å². The maximum Gasteiger partial charge on any atom is 0.133 e. The predicted molar refractivity (Wildman–Crippen MR) is 114 cm³/mol. The van der Waals surface area contributed by atoms with E-state index >= 15 is 0 Å². The molecular weight excluding hydrogens is 404 g/mol. The zero-order valence-electron chi connectivity index (χ0n) is 16.7. The molecule has 7 heteroatoms. The summed E-state index contributed by atoms with van der Waals surface area (Å²) in [5.74, 6) is 1.42. The zero-order chi connectivity index (χ0) is 20.8. The van der Waals surface area contributed by atoms with Crippen LogP contribution in [-0.2, 0) is 16.1 Å². The smallest absolute Gasteiger partial charge is 0.133 e. The molecule has 3 heterocycles. The van der Waals surface area contributed by atoms with E-state index in [9.17, 15) is 0 Å². The molecule has 0 saturated carbocycles. The number of pyridine rings is 2. The molecule has 0 radical (unpaired) electrons. The molecule has 0 N–H and O–H groups in total. The Morgan fingerprint density at radius 2 is 2.00 bits per heavy atom. The number of aryl methyl sites for hydroxylation is 1. The van der Waals surface area contributed by atoms with Gasteiger partial charge in [0.05, 0.1) is 31.2 Å². The molecule has 1 aliphatic heterocycles. The summed E-state index contributed by atoms with van der Waals surface area (Å²) in [6.07, 6.45) is 1.68. The quantitative estimate of drug-likeness (QED) is 0.519. The Morgan fingerprint density at radius 1 is 1.07 bits per heavy atom. The van der Waals surface area contributed by atoms with Crippen molar-refractivity contribution in [3.8, 4) is 22.8 Å². The number of benzene rings is 1. The first-order chi connectivity index (χ1) is 14.7. The van der Waals surface area contributed by atoms with Crippen molar-refractivity contribution < 1.29 is 18.9 Å². The summed E-state index contributed by atoms with van der Waals surface area (Å²) in [6, 6.07) is 15.2. The number of halogens is 1. The van der Waals surface area contributed by atoms with Crippen molar-refractivity contribution in [2.45, 2.75) is 19.6 Å². The highest BCUT2D eigenvalue weighted by atomic mass is 35.5. The average molecular weight is 427 g/mol. The lowest BCUT2D eigenvalue weighted by atomic mass is 10.0. The Morgan fingerprint density at radius 3 is 2.77 bits per heavy atom. The van der Waals surface area contributed by atoms with Gasteiger partial charge in [-0.15, -0.1) is 0 Å². The molecule has 4 rings (SSSR count). The van der Waals surface area contributed by atoms with E-state index < -0.39 is 0 Å². The van der Waals surface area contributed by atoms with Crippen molar-refractivity contribution >= 4 is 11.6 Å². The summed E-state index contributed by atoms with van der Waals surface area (Å²) >= 11 is 6.24. The number of nitrogens with zero attached hydrogens (tertiary/aromatic N) is 2. The van der Waals surface area contributed by atoms with E-state index in [1.165, 1.54) is 0 Å². The molecule has 1 aromatic carbocycles. The Bertz CT molecular complexity index is 978. The van der Waals surface area contributed by atoms with Crippen molar-refractivity contribution in [3.05, 3.63) is 71.1 Å². The largest absolute Gasteiger partial charge is 0.491 e. The highest BCUT2D eigenvalue weighted by molar-refractivity contribution is 6.29. The molecule has 0 bridgehead atoms. The van der Waals surface area contributed by atoms with Gasteiger partial charge >= 0.3 is 0 Å². The first-order valence-corrected chi connectivity index (χ1v) is 10.2. The number of aromatic nitrogens is 2. The molecule has 3 aromatic rings. The molecule has 1 aliphatic rings. The minimum atomic E-state index is -0.0774. The van der Waals surface area contributed by atoms with Crippen LogP contribution >= 0.6 is 11.6 Å². The first kappa shape index (κ1) is 20.6. The molecule has 6 nitrogen and oxygen atoms in total. The van der Waals surface area contributed by atoms with Crippen LogP contribution < -0.4 is 9.47 Å². The second-order valence-corrected chi connectivity index (χ2v) is 7.36. The Kier molecular flexibility index (Phi) is 6.79. The van der Waals surface area contributed by atoms with Gasteiger partial charge in [0, 0.05) is 23.9 Å². The van der Waals surface area contributed by atoms with Crippen LogP contribution in [0.3, 0.4) is 0 Å². The van der Waals surface area contributed by atoms with E-state index in [1.54, 1.807) is 12.3 Å². The van der Waals surface area contributed by atoms with Gasteiger partial charge in [-0.25, -0.2) is 4.98 Å². The third-order valence-corrected chi connectivity index (χ3v) is 4.87. The van der Waals surface area contributed by atoms with E-state index in [-0.39, 0.29) is 6.10 Å². The number of ether oxygens (including phenoxy) is 4. The van der Waals surface area contributed by atoms with Gasteiger partial charge in [-0.3, -0.25) is 4.98 Å². The van der Waals surface area contributed by atoms with Crippen molar-refractivity contribution in [2.24, 2.45) is 0 Å². The van der Waals surface area contributed by atoms with Crippen LogP contribution in [0, 0.1) is 6.92 Å². The molecule has 2 aromatic heterocycles. The number of hydrogen-bond donors (Lipinski definition) is 0. The summed E-state index contributed by atoms with van der Waals surface area (Å²) in [5, 5.41) is 0.373. The average Bonchev–Trinajstić information content (AvgIpc) is 2.77. The number of hydrogen-bond acceptors (Lipinski definition) is 6. The topological polar surface area (TPSA) is 62.7 Å². The van der Waals surface area contributed by atoms with E-state index in [0.29, 0.717) is 43.9 Å². The second-order valence-electron chi connectivity index (χ2n) is 6.98. The van der Waals surface area contributed by atoms with Crippen molar-refractivity contribution in [3.63, 3.8) is 0 Å². The SMILES string of the molecule is Cc1cc(OCc2ccccn2)ccc1-c1cc(OCC2COCCO2)cc(Cl)n1. The zero-order valence-corrected chi connectivity index (χ0v) is 17.5. The fraction of sp³-hybridized carbons (Fsp3) is 0.304. The van der Waals surface area contributed by atoms with Gasteiger partial charge < -0.3 is 18.9 Å². The summed E-state index contributed by atoms with van der Waals surface area (Å²) in [6.45, 7) is 4.58. The molecule has 1 atom stereocenters. The Hall–Kier alpha value is -2.67. The van der Waals surface area contributed by atoms with Gasteiger partial charge in [-0.2, -0.15) is 0 Å². The lowest BCUT2D eigenvalue weighted by Crippen LogP contribution is -2.33. The van der Waals surface area contributed by atoms with Crippen LogP contribution in [0.15, 0.2) is 54.7 Å². The van der Waals surface area contributed by atoms with Crippen molar-refractivity contribution in [1.82, 2.24) is 9.97 Å². The lowest BCUT2D eigenvalue weighted by molar-refractivity contribution is -0.101. The lowest BCUT2D eigenvalue weighted by Gasteiger charge is -2.23. The van der Waals surface area contributed by atoms with Crippen LogP contribution in [0.25, 0.3) is 11.3 Å². The van der Waals surface area contributed by atoms with Crippen LogP contribution in [0.1, 0.15) is 11.3 Å². The van der Waals surface area contributed by atoms with Crippen LogP contribution in [-0.4, -0.2) is 42.5 Å². The molecule has 0 aliphatic carbocycles. The van der Waals surface area contributed by atoms with Gasteiger partial charge in [0.2, 0.25) is 0 Å². The van der Waals surface area contributed by atoms with E-state index in [1.807, 2.05) is 49.4 Å². The standard InChI is InChI=1S/C23H23ClN2O4/c1-16-10-18(29-13-17-4-2-3-7-25-17)5-6-21(16)22-11-19(12-23(24)26-22)30-15-20-14-27-8-9-28-20/h2-7,10-12,20H,8-9,13-15H2,1H3. The predicted octanol–water partition coefficient (Wildman–Crippen LogP) is 4.48. The number of rotatable bonds is 7. The van der Waals surface area contributed by atoms with E-state index in [2.05, 4.69) is 9.97 Å². The van der Waals surface area contributed by atoms with Gasteiger partial charge in [0.25, 0.3) is 0 Å². The highest BCUT2D eigenvalue weighted by Gasteiger charge is 2.16. The van der Waals surface area contributed by atoms with E-state index in [4.69, 9.17) is 30.5 Å². The monoisotopic (exact) mass is 426 g/mol. The molecule has 0 spiro atoms. The minimum absolute atomic E-state index is 0.0774. The van der Waals surface area contributed by atoms with Gasteiger partial charge in [0.15, 0.2) is 0 Å². The normalized spacial score (nSPS) is 16.3. The second kappa shape index (κ2) is 9.89. The van der Waals surface area contributed by atoms with Crippen LogP contribution in [0.4, 0.5) is 0 Å². The summed E-state index contributed by atoms with van der Waals surface area (Å²) in [7, 11) is 0. The van der Waals surface area contributed by atoms with Crippen molar-refractivity contribution in [1.29, 1.82) is 0 Å². The van der Waals surface area contributed by atoms with Crippen LogP contribution in [0.5, 0.6) is 11.5 Å².